The van der Waals surface area contributed by atoms with Crippen LogP contribution in [0.5, 0.6) is 0 Å². The van der Waals surface area contributed by atoms with Crippen molar-refractivity contribution in [1.29, 1.82) is 0 Å². The molecule has 0 aliphatic carbocycles. The van der Waals surface area contributed by atoms with Crippen LogP contribution in [0.1, 0.15) is 49.0 Å². The van der Waals surface area contributed by atoms with Crippen molar-refractivity contribution in [2.24, 2.45) is 0 Å². The number of benzene rings is 2. The standard InChI is InChI=1S/C22H25FN2/c1-15-5-3-7-17(11-15)14-25-16(2)6-4-8-22(25)21-13-18-12-19(23)9-10-20(18)24-21/h3,5,7,9-13,16,22,24H,4,6,8,14H2,1-2H3. The van der Waals surface area contributed by atoms with E-state index in [-0.39, 0.29) is 5.82 Å². The summed E-state index contributed by atoms with van der Waals surface area (Å²) in [5.74, 6) is -0.174. The third-order valence-corrected chi connectivity index (χ3v) is 5.48. The Hall–Kier alpha value is -2.13. The first-order chi connectivity index (χ1) is 12.1. The Morgan fingerprint density at radius 2 is 2.00 bits per heavy atom. The molecule has 1 fully saturated rings. The Labute approximate surface area is 148 Å². The molecule has 2 aromatic carbocycles. The first-order valence-electron chi connectivity index (χ1n) is 9.19. The number of fused-ring (bicyclic) bond motifs is 1. The van der Waals surface area contributed by atoms with Crippen LogP contribution in [0.3, 0.4) is 0 Å². The molecule has 1 saturated heterocycles. The normalized spacial score (nSPS) is 21.7. The molecule has 1 aromatic heterocycles. The van der Waals surface area contributed by atoms with Gasteiger partial charge in [0.1, 0.15) is 5.82 Å². The average Bonchev–Trinajstić information content (AvgIpc) is 2.99. The number of hydrogen-bond acceptors (Lipinski definition) is 1. The number of rotatable bonds is 3. The van der Waals surface area contributed by atoms with Gasteiger partial charge in [0.2, 0.25) is 0 Å². The second-order valence-corrected chi connectivity index (χ2v) is 7.41. The van der Waals surface area contributed by atoms with E-state index >= 15 is 0 Å². The van der Waals surface area contributed by atoms with Crippen LogP contribution in [0.2, 0.25) is 0 Å². The number of likely N-dealkylation sites (tertiary alicyclic amines) is 1. The quantitative estimate of drug-likeness (QED) is 0.647. The lowest BCUT2D eigenvalue weighted by molar-refractivity contribution is 0.0822. The van der Waals surface area contributed by atoms with E-state index in [9.17, 15) is 4.39 Å². The van der Waals surface area contributed by atoms with Gasteiger partial charge in [0.25, 0.3) is 0 Å². The summed E-state index contributed by atoms with van der Waals surface area (Å²) in [4.78, 5) is 6.13. The van der Waals surface area contributed by atoms with Crippen molar-refractivity contribution in [2.75, 3.05) is 0 Å². The maximum atomic E-state index is 13.5. The summed E-state index contributed by atoms with van der Waals surface area (Å²) in [6, 6.07) is 16.8. The number of nitrogens with zero attached hydrogens (tertiary/aromatic N) is 1. The highest BCUT2D eigenvalue weighted by Crippen LogP contribution is 2.36. The maximum Gasteiger partial charge on any atom is 0.123 e. The Balaban J connectivity index is 1.66. The minimum Gasteiger partial charge on any atom is -0.357 e. The minimum atomic E-state index is -0.174. The molecule has 1 N–H and O–H groups in total. The zero-order valence-corrected chi connectivity index (χ0v) is 14.9. The lowest BCUT2D eigenvalue weighted by Crippen LogP contribution is -2.39. The molecule has 0 amide bonds. The van der Waals surface area contributed by atoms with Crippen molar-refractivity contribution in [1.82, 2.24) is 9.88 Å². The van der Waals surface area contributed by atoms with Crippen LogP contribution < -0.4 is 0 Å². The topological polar surface area (TPSA) is 19.0 Å². The van der Waals surface area contributed by atoms with Gasteiger partial charge >= 0.3 is 0 Å². The predicted molar refractivity (Wildman–Crippen MR) is 101 cm³/mol. The van der Waals surface area contributed by atoms with E-state index < -0.39 is 0 Å². The summed E-state index contributed by atoms with van der Waals surface area (Å²) in [6.07, 6.45) is 3.61. The van der Waals surface area contributed by atoms with E-state index in [1.807, 2.05) is 6.07 Å². The molecule has 0 bridgehead atoms. The second-order valence-electron chi connectivity index (χ2n) is 7.41. The summed E-state index contributed by atoms with van der Waals surface area (Å²) in [6.45, 7) is 5.42. The Bertz CT molecular complexity index is 883. The van der Waals surface area contributed by atoms with Crippen molar-refractivity contribution >= 4 is 10.9 Å². The summed E-state index contributed by atoms with van der Waals surface area (Å²) in [5.41, 5.74) is 4.89. The largest absolute Gasteiger partial charge is 0.357 e. The van der Waals surface area contributed by atoms with Crippen LogP contribution in [-0.4, -0.2) is 15.9 Å². The van der Waals surface area contributed by atoms with Crippen molar-refractivity contribution in [3.8, 4) is 0 Å². The lowest BCUT2D eigenvalue weighted by Gasteiger charge is -2.40. The van der Waals surface area contributed by atoms with E-state index in [1.54, 1.807) is 6.07 Å². The van der Waals surface area contributed by atoms with Gasteiger partial charge in [0, 0.05) is 29.2 Å². The molecule has 0 spiro atoms. The summed E-state index contributed by atoms with van der Waals surface area (Å²) in [5, 5.41) is 0.962. The summed E-state index contributed by atoms with van der Waals surface area (Å²) < 4.78 is 13.5. The van der Waals surface area contributed by atoms with Gasteiger partial charge in [-0.1, -0.05) is 29.8 Å². The van der Waals surface area contributed by atoms with Gasteiger partial charge in [-0.05, 0) is 62.9 Å². The molecule has 2 heterocycles. The lowest BCUT2D eigenvalue weighted by atomic mass is 9.93. The molecule has 0 radical (unpaired) electrons. The average molecular weight is 336 g/mol. The van der Waals surface area contributed by atoms with Crippen LogP contribution in [0.25, 0.3) is 10.9 Å². The monoisotopic (exact) mass is 336 g/mol. The van der Waals surface area contributed by atoms with E-state index in [0.717, 1.165) is 23.9 Å². The van der Waals surface area contributed by atoms with Crippen LogP contribution in [0.15, 0.2) is 48.5 Å². The Morgan fingerprint density at radius 3 is 2.84 bits per heavy atom. The first kappa shape index (κ1) is 16.3. The van der Waals surface area contributed by atoms with E-state index in [4.69, 9.17) is 0 Å². The molecule has 1 aliphatic heterocycles. The van der Waals surface area contributed by atoms with Crippen molar-refractivity contribution < 1.29 is 4.39 Å². The highest BCUT2D eigenvalue weighted by Gasteiger charge is 2.30. The number of H-pyrrole nitrogens is 1. The first-order valence-corrected chi connectivity index (χ1v) is 9.19. The summed E-state index contributed by atoms with van der Waals surface area (Å²) in [7, 11) is 0. The van der Waals surface area contributed by atoms with Crippen molar-refractivity contribution in [2.45, 2.75) is 51.7 Å². The smallest absolute Gasteiger partial charge is 0.123 e. The fourth-order valence-electron chi connectivity index (χ4n) is 4.17. The second kappa shape index (κ2) is 6.64. The third-order valence-electron chi connectivity index (χ3n) is 5.48. The van der Waals surface area contributed by atoms with Crippen LogP contribution >= 0.6 is 0 Å². The molecular formula is C22H25FN2. The molecule has 2 unspecified atom stereocenters. The zero-order chi connectivity index (χ0) is 17.4. The highest BCUT2D eigenvalue weighted by atomic mass is 19.1. The van der Waals surface area contributed by atoms with E-state index in [1.165, 1.54) is 35.7 Å². The van der Waals surface area contributed by atoms with Crippen LogP contribution in [-0.2, 0) is 6.54 Å². The van der Waals surface area contributed by atoms with Gasteiger partial charge in [-0.3, -0.25) is 4.90 Å². The molecular weight excluding hydrogens is 311 g/mol. The number of piperidine rings is 1. The molecule has 130 valence electrons. The van der Waals surface area contributed by atoms with E-state index in [2.05, 4.69) is 54.1 Å². The van der Waals surface area contributed by atoms with Crippen LogP contribution in [0, 0.1) is 12.7 Å². The van der Waals surface area contributed by atoms with Crippen molar-refractivity contribution in [3.63, 3.8) is 0 Å². The molecule has 25 heavy (non-hydrogen) atoms. The Morgan fingerprint density at radius 1 is 1.12 bits per heavy atom. The summed E-state index contributed by atoms with van der Waals surface area (Å²) >= 11 is 0. The van der Waals surface area contributed by atoms with Crippen molar-refractivity contribution in [3.05, 3.63) is 71.2 Å². The third kappa shape index (κ3) is 3.34. The fraction of sp³-hybridized carbons (Fsp3) is 0.364. The minimum absolute atomic E-state index is 0.174. The Kier molecular flexibility index (Phi) is 4.34. The van der Waals surface area contributed by atoms with Gasteiger partial charge in [0.15, 0.2) is 0 Å². The van der Waals surface area contributed by atoms with Gasteiger partial charge < -0.3 is 4.98 Å². The molecule has 1 aliphatic rings. The number of hydrogen-bond donors (Lipinski definition) is 1. The molecule has 0 saturated carbocycles. The van der Waals surface area contributed by atoms with Gasteiger partial charge in [-0.25, -0.2) is 4.39 Å². The number of aryl methyl sites for hydroxylation is 1. The van der Waals surface area contributed by atoms with Gasteiger partial charge in [0.05, 0.1) is 6.04 Å². The SMILES string of the molecule is Cc1cccc(CN2C(C)CCCC2c2cc3cc(F)ccc3[nH]2)c1. The number of halogens is 1. The fourth-order valence-corrected chi connectivity index (χ4v) is 4.17. The molecule has 2 atom stereocenters. The van der Waals surface area contributed by atoms with Crippen LogP contribution in [0.4, 0.5) is 4.39 Å². The van der Waals surface area contributed by atoms with Gasteiger partial charge in [-0.2, -0.15) is 0 Å². The molecule has 3 heteroatoms. The predicted octanol–water partition coefficient (Wildman–Crippen LogP) is 5.73. The highest BCUT2D eigenvalue weighted by molar-refractivity contribution is 5.80. The molecule has 3 aromatic rings. The van der Waals surface area contributed by atoms with Gasteiger partial charge in [-0.15, -0.1) is 0 Å². The number of aromatic nitrogens is 1. The maximum absolute atomic E-state index is 13.5. The zero-order valence-electron chi connectivity index (χ0n) is 14.9. The molecule has 2 nitrogen and oxygen atoms in total. The number of nitrogens with one attached hydrogen (secondary N) is 1. The van der Waals surface area contributed by atoms with E-state index in [0.29, 0.717) is 12.1 Å². The number of aromatic amines is 1. The molecule has 4 rings (SSSR count).